The Morgan fingerprint density at radius 1 is 1.14 bits per heavy atom. The van der Waals surface area contributed by atoms with E-state index in [-0.39, 0.29) is 17.3 Å². The molecule has 2 aromatic carbocycles. The summed E-state index contributed by atoms with van der Waals surface area (Å²) in [6.07, 6.45) is 1.07. The van der Waals surface area contributed by atoms with Crippen LogP contribution in [-0.4, -0.2) is 45.4 Å². The SMILES string of the molecule is COc1ccc(S(=O)(=O)N2CCCC2C(=O)Nc2ccc(C)cc2Br)cc1OC. The number of carbonyl (C=O) groups excluding carboxylic acids is 1. The Kier molecular flexibility index (Phi) is 6.50. The number of aryl methyl sites for hydroxylation is 1. The van der Waals surface area contributed by atoms with Gasteiger partial charge >= 0.3 is 0 Å². The number of hydrogen-bond donors (Lipinski definition) is 1. The van der Waals surface area contributed by atoms with Crippen LogP contribution in [-0.2, 0) is 14.8 Å². The molecule has 1 heterocycles. The van der Waals surface area contributed by atoms with Crippen molar-refractivity contribution >= 4 is 37.5 Å². The minimum Gasteiger partial charge on any atom is -0.493 e. The first-order chi connectivity index (χ1) is 13.8. The van der Waals surface area contributed by atoms with E-state index in [1.807, 2.05) is 19.1 Å². The number of carbonyl (C=O) groups is 1. The second-order valence-electron chi connectivity index (χ2n) is 6.76. The average molecular weight is 483 g/mol. The summed E-state index contributed by atoms with van der Waals surface area (Å²) in [4.78, 5) is 12.9. The third-order valence-corrected chi connectivity index (χ3v) is 7.41. The third-order valence-electron chi connectivity index (χ3n) is 4.85. The number of anilines is 1. The zero-order valence-corrected chi connectivity index (χ0v) is 18.8. The van der Waals surface area contributed by atoms with E-state index >= 15 is 0 Å². The normalized spacial score (nSPS) is 17.2. The zero-order chi connectivity index (χ0) is 21.2. The molecule has 1 aliphatic heterocycles. The van der Waals surface area contributed by atoms with Gasteiger partial charge in [0.25, 0.3) is 0 Å². The average Bonchev–Trinajstić information content (AvgIpc) is 3.20. The van der Waals surface area contributed by atoms with Crippen LogP contribution in [0.2, 0.25) is 0 Å². The lowest BCUT2D eigenvalue weighted by Gasteiger charge is -2.24. The molecule has 1 amide bonds. The van der Waals surface area contributed by atoms with Crippen molar-refractivity contribution in [2.45, 2.75) is 30.7 Å². The van der Waals surface area contributed by atoms with Crippen LogP contribution < -0.4 is 14.8 Å². The number of nitrogens with one attached hydrogen (secondary N) is 1. The lowest BCUT2D eigenvalue weighted by atomic mass is 10.2. The molecule has 0 radical (unpaired) electrons. The first kappa shape index (κ1) is 21.6. The molecule has 3 rings (SSSR count). The molecule has 7 nitrogen and oxygen atoms in total. The molecule has 1 unspecified atom stereocenters. The molecular formula is C20H23BrN2O5S. The minimum absolute atomic E-state index is 0.0615. The van der Waals surface area contributed by atoms with Crippen LogP contribution in [0.5, 0.6) is 11.5 Å². The molecule has 1 saturated heterocycles. The van der Waals surface area contributed by atoms with Gasteiger partial charge in [-0.15, -0.1) is 0 Å². The molecule has 0 bridgehead atoms. The van der Waals surface area contributed by atoms with Gasteiger partial charge in [-0.25, -0.2) is 8.42 Å². The standard InChI is InChI=1S/C20H23BrN2O5S/c1-13-6-8-16(15(21)11-13)22-20(24)17-5-4-10-23(17)29(25,26)14-7-9-18(27-2)19(12-14)28-3/h6-9,11-12,17H,4-5,10H2,1-3H3,(H,22,24). The van der Waals surface area contributed by atoms with Gasteiger partial charge in [0.1, 0.15) is 6.04 Å². The Bertz CT molecular complexity index is 1030. The second kappa shape index (κ2) is 8.73. The molecule has 1 aliphatic rings. The van der Waals surface area contributed by atoms with Crippen LogP contribution in [0.15, 0.2) is 45.8 Å². The molecule has 29 heavy (non-hydrogen) atoms. The van der Waals surface area contributed by atoms with E-state index in [2.05, 4.69) is 21.2 Å². The summed E-state index contributed by atoms with van der Waals surface area (Å²) in [6.45, 7) is 2.23. The van der Waals surface area contributed by atoms with Gasteiger partial charge < -0.3 is 14.8 Å². The molecule has 0 saturated carbocycles. The Morgan fingerprint density at radius 3 is 2.52 bits per heavy atom. The highest BCUT2D eigenvalue weighted by Crippen LogP contribution is 2.33. The summed E-state index contributed by atoms with van der Waals surface area (Å²) < 4.78 is 38.8. The highest BCUT2D eigenvalue weighted by molar-refractivity contribution is 9.10. The summed E-state index contributed by atoms with van der Waals surface area (Å²) >= 11 is 3.43. The lowest BCUT2D eigenvalue weighted by molar-refractivity contribution is -0.119. The number of amides is 1. The molecule has 0 aliphatic carbocycles. The molecule has 9 heteroatoms. The third kappa shape index (κ3) is 4.41. The van der Waals surface area contributed by atoms with Crippen LogP contribution in [0, 0.1) is 6.92 Å². The fourth-order valence-electron chi connectivity index (χ4n) is 3.34. The Balaban J connectivity index is 1.86. The van der Waals surface area contributed by atoms with Gasteiger partial charge in [-0.1, -0.05) is 6.07 Å². The van der Waals surface area contributed by atoms with Crippen molar-refractivity contribution in [1.82, 2.24) is 4.31 Å². The van der Waals surface area contributed by atoms with Gasteiger partial charge in [-0.05, 0) is 65.5 Å². The zero-order valence-electron chi connectivity index (χ0n) is 16.4. The Morgan fingerprint density at radius 2 is 1.86 bits per heavy atom. The molecule has 1 atom stereocenters. The van der Waals surface area contributed by atoms with E-state index < -0.39 is 16.1 Å². The molecule has 0 aromatic heterocycles. The van der Waals surface area contributed by atoms with E-state index in [4.69, 9.17) is 9.47 Å². The van der Waals surface area contributed by atoms with Crippen LogP contribution in [0.25, 0.3) is 0 Å². The number of rotatable bonds is 6. The number of sulfonamides is 1. The van der Waals surface area contributed by atoms with Gasteiger partial charge in [-0.2, -0.15) is 4.31 Å². The van der Waals surface area contributed by atoms with Crippen LogP contribution in [0.1, 0.15) is 18.4 Å². The number of benzene rings is 2. The smallest absolute Gasteiger partial charge is 0.243 e. The maximum atomic E-state index is 13.2. The monoisotopic (exact) mass is 482 g/mol. The van der Waals surface area contributed by atoms with Gasteiger partial charge in [0, 0.05) is 17.1 Å². The van der Waals surface area contributed by atoms with E-state index in [0.717, 1.165) is 10.0 Å². The van der Waals surface area contributed by atoms with Crippen molar-refractivity contribution in [2.24, 2.45) is 0 Å². The number of hydrogen-bond acceptors (Lipinski definition) is 5. The van der Waals surface area contributed by atoms with E-state index in [1.54, 1.807) is 12.1 Å². The fourth-order valence-corrected chi connectivity index (χ4v) is 5.60. The quantitative estimate of drug-likeness (QED) is 0.679. The van der Waals surface area contributed by atoms with Crippen molar-refractivity contribution in [3.05, 3.63) is 46.4 Å². The summed E-state index contributed by atoms with van der Waals surface area (Å²) in [5.41, 5.74) is 1.66. The minimum atomic E-state index is -3.87. The van der Waals surface area contributed by atoms with Crippen molar-refractivity contribution in [1.29, 1.82) is 0 Å². The summed E-state index contributed by atoms with van der Waals surface area (Å²) in [6, 6.07) is 9.20. The van der Waals surface area contributed by atoms with E-state index in [1.165, 1.54) is 30.7 Å². The first-order valence-corrected chi connectivity index (χ1v) is 11.3. The molecule has 156 valence electrons. The predicted octanol–water partition coefficient (Wildman–Crippen LogP) is 3.57. The summed E-state index contributed by atoms with van der Waals surface area (Å²) in [5.74, 6) is 0.403. The first-order valence-electron chi connectivity index (χ1n) is 9.09. The Hall–Kier alpha value is -2.10. The van der Waals surface area contributed by atoms with Gasteiger partial charge in [-0.3, -0.25) is 4.79 Å². The van der Waals surface area contributed by atoms with Crippen molar-refractivity contribution in [3.63, 3.8) is 0 Å². The van der Waals surface area contributed by atoms with Gasteiger partial charge in [0.15, 0.2) is 11.5 Å². The molecule has 1 fully saturated rings. The summed E-state index contributed by atoms with van der Waals surface area (Å²) in [5, 5.41) is 2.84. The molecule has 1 N–H and O–H groups in total. The maximum absolute atomic E-state index is 13.2. The molecule has 2 aromatic rings. The highest BCUT2D eigenvalue weighted by atomic mass is 79.9. The van der Waals surface area contributed by atoms with Crippen LogP contribution >= 0.6 is 15.9 Å². The van der Waals surface area contributed by atoms with Gasteiger partial charge in [0.05, 0.1) is 24.8 Å². The number of nitrogens with zero attached hydrogens (tertiary/aromatic N) is 1. The van der Waals surface area contributed by atoms with Crippen molar-refractivity contribution in [2.75, 3.05) is 26.1 Å². The lowest BCUT2D eigenvalue weighted by Crippen LogP contribution is -2.43. The topological polar surface area (TPSA) is 84.9 Å². The van der Waals surface area contributed by atoms with Crippen LogP contribution in [0.4, 0.5) is 5.69 Å². The Labute approximate surface area is 179 Å². The predicted molar refractivity (Wildman–Crippen MR) is 114 cm³/mol. The van der Waals surface area contributed by atoms with E-state index in [9.17, 15) is 13.2 Å². The van der Waals surface area contributed by atoms with Crippen molar-refractivity contribution < 1.29 is 22.7 Å². The van der Waals surface area contributed by atoms with Crippen molar-refractivity contribution in [3.8, 4) is 11.5 Å². The van der Waals surface area contributed by atoms with Gasteiger partial charge in [0.2, 0.25) is 15.9 Å². The molecule has 0 spiro atoms. The maximum Gasteiger partial charge on any atom is 0.243 e. The fraction of sp³-hybridized carbons (Fsp3) is 0.350. The van der Waals surface area contributed by atoms with E-state index in [0.29, 0.717) is 30.0 Å². The van der Waals surface area contributed by atoms with Crippen LogP contribution in [0.3, 0.4) is 0 Å². The number of halogens is 1. The number of ether oxygens (including phenoxy) is 2. The summed E-state index contributed by atoms with van der Waals surface area (Å²) in [7, 11) is -0.948. The number of methoxy groups -OCH3 is 2. The second-order valence-corrected chi connectivity index (χ2v) is 9.51. The largest absolute Gasteiger partial charge is 0.493 e. The molecular weight excluding hydrogens is 460 g/mol. The highest BCUT2D eigenvalue weighted by Gasteiger charge is 2.39.